The Hall–Kier alpha value is -1.40. The van der Waals surface area contributed by atoms with Crippen LogP contribution in [0.2, 0.25) is 10.3 Å². The molecule has 0 bridgehead atoms. The molecule has 0 saturated carbocycles. The van der Waals surface area contributed by atoms with Crippen LogP contribution in [0.1, 0.15) is 24.7 Å². The van der Waals surface area contributed by atoms with Crippen LogP contribution in [0.4, 0.5) is 5.95 Å². The van der Waals surface area contributed by atoms with Crippen molar-refractivity contribution in [2.45, 2.75) is 27.2 Å². The second-order valence-electron chi connectivity index (χ2n) is 4.05. The third-order valence-corrected chi connectivity index (χ3v) is 3.24. The van der Waals surface area contributed by atoms with E-state index < -0.39 is 0 Å². The van der Waals surface area contributed by atoms with Gasteiger partial charge in [0.15, 0.2) is 0 Å². The summed E-state index contributed by atoms with van der Waals surface area (Å²) in [6.07, 6.45) is 0.963. The lowest BCUT2D eigenvalue weighted by atomic mass is 10.4. The Labute approximate surface area is 121 Å². The smallest absolute Gasteiger partial charge is 0.256 e. The van der Waals surface area contributed by atoms with Gasteiger partial charge in [0.05, 0.1) is 16.4 Å². The van der Waals surface area contributed by atoms with Crippen molar-refractivity contribution in [2.75, 3.05) is 11.9 Å². The van der Waals surface area contributed by atoms with E-state index in [0.717, 1.165) is 24.4 Å². The van der Waals surface area contributed by atoms with Crippen LogP contribution in [0.25, 0.3) is 5.95 Å². The third kappa shape index (κ3) is 2.96. The highest BCUT2D eigenvalue weighted by Gasteiger charge is 2.14. The zero-order chi connectivity index (χ0) is 14.0. The van der Waals surface area contributed by atoms with Gasteiger partial charge in [0.2, 0.25) is 11.2 Å². The quantitative estimate of drug-likeness (QED) is 0.940. The molecule has 0 spiro atoms. The van der Waals surface area contributed by atoms with Crippen molar-refractivity contribution < 1.29 is 0 Å². The van der Waals surface area contributed by atoms with Gasteiger partial charge >= 0.3 is 0 Å². The molecule has 102 valence electrons. The van der Waals surface area contributed by atoms with Crippen molar-refractivity contribution in [1.82, 2.24) is 24.7 Å². The molecule has 0 aliphatic carbocycles. The summed E-state index contributed by atoms with van der Waals surface area (Å²) in [7, 11) is 0. The highest BCUT2D eigenvalue weighted by Crippen LogP contribution is 2.21. The van der Waals surface area contributed by atoms with Crippen LogP contribution < -0.4 is 5.32 Å². The number of aryl methyl sites for hydroxylation is 1. The molecule has 0 amide bonds. The Morgan fingerprint density at radius 2 is 1.89 bits per heavy atom. The van der Waals surface area contributed by atoms with Crippen molar-refractivity contribution >= 4 is 29.2 Å². The van der Waals surface area contributed by atoms with Gasteiger partial charge in [0.25, 0.3) is 5.95 Å². The van der Waals surface area contributed by atoms with Crippen molar-refractivity contribution in [2.24, 2.45) is 0 Å². The van der Waals surface area contributed by atoms with Crippen LogP contribution in [0.5, 0.6) is 0 Å². The minimum absolute atomic E-state index is 0.118. The molecule has 2 aromatic heterocycles. The lowest BCUT2D eigenvalue weighted by molar-refractivity contribution is 0.763. The molecule has 6 nitrogen and oxygen atoms in total. The molecule has 0 radical (unpaired) electrons. The average Bonchev–Trinajstić information content (AvgIpc) is 2.63. The fourth-order valence-corrected chi connectivity index (χ4v) is 1.84. The molecule has 2 rings (SSSR count). The van der Waals surface area contributed by atoms with Gasteiger partial charge in [-0.25, -0.2) is 4.68 Å². The summed E-state index contributed by atoms with van der Waals surface area (Å²) >= 11 is 12.0. The predicted molar refractivity (Wildman–Crippen MR) is 75.2 cm³/mol. The van der Waals surface area contributed by atoms with Gasteiger partial charge in [-0.2, -0.15) is 20.1 Å². The number of hydrogen-bond donors (Lipinski definition) is 1. The van der Waals surface area contributed by atoms with Crippen molar-refractivity contribution in [3.8, 4) is 5.95 Å². The lowest BCUT2D eigenvalue weighted by Gasteiger charge is -2.06. The molecule has 0 aliphatic rings. The van der Waals surface area contributed by atoms with E-state index in [1.807, 2.05) is 13.8 Å². The summed E-state index contributed by atoms with van der Waals surface area (Å²) in [5.41, 5.74) is 1.49. The minimum Gasteiger partial charge on any atom is -0.354 e. The van der Waals surface area contributed by atoms with E-state index in [1.54, 1.807) is 4.68 Å². The topological polar surface area (TPSA) is 68.5 Å². The summed E-state index contributed by atoms with van der Waals surface area (Å²) in [5.74, 6) is 0.784. The zero-order valence-electron chi connectivity index (χ0n) is 10.9. The first-order valence-electron chi connectivity index (χ1n) is 5.90. The van der Waals surface area contributed by atoms with Gasteiger partial charge in [-0.3, -0.25) is 0 Å². The second-order valence-corrected chi connectivity index (χ2v) is 4.77. The molecular formula is C11H14Cl2N6. The number of nitrogens with one attached hydrogen (secondary N) is 1. The zero-order valence-corrected chi connectivity index (χ0v) is 12.4. The highest BCUT2D eigenvalue weighted by molar-refractivity contribution is 6.31. The molecule has 1 N–H and O–H groups in total. The molecule has 2 heterocycles. The summed E-state index contributed by atoms with van der Waals surface area (Å²) < 4.78 is 1.56. The monoisotopic (exact) mass is 300 g/mol. The van der Waals surface area contributed by atoms with E-state index in [4.69, 9.17) is 23.2 Å². The molecule has 0 aromatic carbocycles. The minimum atomic E-state index is 0.118. The van der Waals surface area contributed by atoms with Crippen molar-refractivity contribution in [3.63, 3.8) is 0 Å². The summed E-state index contributed by atoms with van der Waals surface area (Å²) in [6, 6.07) is 0. The second kappa shape index (κ2) is 5.71. The van der Waals surface area contributed by atoms with Gasteiger partial charge in [-0.15, -0.1) is 0 Å². The maximum atomic E-state index is 6.11. The summed E-state index contributed by atoms with van der Waals surface area (Å²) in [4.78, 5) is 12.4. The average molecular weight is 301 g/mol. The Bertz CT molecular complexity index is 595. The van der Waals surface area contributed by atoms with E-state index in [1.165, 1.54) is 0 Å². The molecule has 8 heteroatoms. The maximum Gasteiger partial charge on any atom is 0.256 e. The van der Waals surface area contributed by atoms with Crippen LogP contribution in [0.15, 0.2) is 0 Å². The maximum absolute atomic E-state index is 6.11. The van der Waals surface area contributed by atoms with Crippen LogP contribution in [-0.2, 0) is 0 Å². The van der Waals surface area contributed by atoms with Crippen molar-refractivity contribution in [3.05, 3.63) is 21.7 Å². The number of halogens is 2. The normalized spacial score (nSPS) is 10.8. The molecule has 0 unspecified atom stereocenters. The third-order valence-electron chi connectivity index (χ3n) is 2.52. The first kappa shape index (κ1) is 14.0. The fourth-order valence-electron chi connectivity index (χ4n) is 1.57. The van der Waals surface area contributed by atoms with Crippen LogP contribution >= 0.6 is 23.2 Å². The number of anilines is 1. The van der Waals surface area contributed by atoms with Crippen LogP contribution in [0.3, 0.4) is 0 Å². The number of aromatic nitrogens is 5. The molecule has 0 aliphatic heterocycles. The Balaban J connectivity index is 2.43. The molecule has 2 aromatic rings. The highest BCUT2D eigenvalue weighted by atomic mass is 35.5. The van der Waals surface area contributed by atoms with Gasteiger partial charge in [-0.1, -0.05) is 18.5 Å². The largest absolute Gasteiger partial charge is 0.354 e. The van der Waals surface area contributed by atoms with E-state index >= 15 is 0 Å². The van der Waals surface area contributed by atoms with E-state index in [2.05, 4.69) is 32.3 Å². The number of nitrogens with zero attached hydrogens (tertiary/aromatic N) is 5. The van der Waals surface area contributed by atoms with Crippen molar-refractivity contribution in [1.29, 1.82) is 0 Å². The first-order valence-corrected chi connectivity index (χ1v) is 6.66. The molecule has 19 heavy (non-hydrogen) atoms. The molecule has 0 fully saturated rings. The lowest BCUT2D eigenvalue weighted by Crippen LogP contribution is -2.11. The van der Waals surface area contributed by atoms with Crippen LogP contribution in [0, 0.1) is 13.8 Å². The van der Waals surface area contributed by atoms with Gasteiger partial charge in [-0.05, 0) is 31.9 Å². The Morgan fingerprint density at radius 3 is 2.47 bits per heavy atom. The van der Waals surface area contributed by atoms with Gasteiger partial charge in [0, 0.05) is 6.54 Å². The molecule has 0 atom stereocenters. The Morgan fingerprint density at radius 1 is 1.16 bits per heavy atom. The molecular weight excluding hydrogens is 287 g/mol. The molecule has 0 saturated heterocycles. The fraction of sp³-hybridized carbons (Fsp3) is 0.455. The Kier molecular flexibility index (Phi) is 4.21. The SMILES string of the molecule is CCCNc1nc(Cl)nc(-n2nc(C)c(Cl)c2C)n1. The standard InChI is InChI=1S/C11H14Cl2N6/c1-4-5-14-10-15-9(13)16-11(17-10)19-7(3)8(12)6(2)18-19/h4-5H2,1-3H3,(H,14,15,16,17). The first-order chi connectivity index (χ1) is 9.02. The van der Waals surface area contributed by atoms with E-state index in [9.17, 15) is 0 Å². The van der Waals surface area contributed by atoms with Gasteiger partial charge < -0.3 is 5.32 Å². The summed E-state index contributed by atoms with van der Waals surface area (Å²) in [5, 5.41) is 8.07. The predicted octanol–water partition coefficient (Wildman–Crippen LogP) is 2.80. The van der Waals surface area contributed by atoms with Gasteiger partial charge in [0.1, 0.15) is 0 Å². The van der Waals surface area contributed by atoms with E-state index in [-0.39, 0.29) is 5.28 Å². The van der Waals surface area contributed by atoms with Crippen LogP contribution in [-0.4, -0.2) is 31.3 Å². The number of hydrogen-bond acceptors (Lipinski definition) is 5. The summed E-state index contributed by atoms with van der Waals surface area (Å²) in [6.45, 7) is 6.49. The van der Waals surface area contributed by atoms with E-state index in [0.29, 0.717) is 16.9 Å². The number of rotatable bonds is 4.